The number of rotatable bonds is 3. The quantitative estimate of drug-likeness (QED) is 0.291. The SMILES string of the molecule is Cc1ccc(N2C(=O)C(=Cc3ccc(-c4cc(C(F)(F)F)ccc4Cl)o3)SC2=S)cc1. The van der Waals surface area contributed by atoms with Crippen molar-refractivity contribution in [3.63, 3.8) is 0 Å². The van der Waals surface area contributed by atoms with E-state index in [2.05, 4.69) is 0 Å². The Morgan fingerprint density at radius 3 is 2.48 bits per heavy atom. The summed E-state index contributed by atoms with van der Waals surface area (Å²) < 4.78 is 45.1. The van der Waals surface area contributed by atoms with Crippen molar-refractivity contribution in [3.05, 3.63) is 81.4 Å². The number of amides is 1. The highest BCUT2D eigenvalue weighted by Gasteiger charge is 2.34. The van der Waals surface area contributed by atoms with E-state index in [1.165, 1.54) is 23.1 Å². The normalized spacial score (nSPS) is 15.9. The first-order valence-electron chi connectivity index (χ1n) is 8.95. The maximum absolute atomic E-state index is 13.0. The largest absolute Gasteiger partial charge is 0.457 e. The number of anilines is 1. The lowest BCUT2D eigenvalue weighted by atomic mass is 10.1. The number of furan rings is 1. The monoisotopic (exact) mass is 479 g/mol. The Labute approximate surface area is 190 Å². The van der Waals surface area contributed by atoms with E-state index in [1.807, 2.05) is 31.2 Å². The van der Waals surface area contributed by atoms with Gasteiger partial charge < -0.3 is 4.42 Å². The molecule has 0 aliphatic carbocycles. The molecule has 4 rings (SSSR count). The number of hydrogen-bond donors (Lipinski definition) is 0. The number of hydrogen-bond acceptors (Lipinski definition) is 4. The van der Waals surface area contributed by atoms with Crippen LogP contribution in [0.5, 0.6) is 0 Å². The molecule has 0 unspecified atom stereocenters. The van der Waals surface area contributed by atoms with E-state index in [0.29, 0.717) is 20.7 Å². The fourth-order valence-electron chi connectivity index (χ4n) is 2.98. The number of carbonyl (C=O) groups excluding carboxylic acids is 1. The summed E-state index contributed by atoms with van der Waals surface area (Å²) in [5, 5.41) is 0.125. The molecule has 158 valence electrons. The standard InChI is InChI=1S/C22H13ClF3NO2S2/c1-12-2-5-14(6-3-12)27-20(28)19(31-21(27)30)11-15-7-9-18(29-15)16-10-13(22(24,25)26)4-8-17(16)23/h2-11H,1H3. The van der Waals surface area contributed by atoms with Crippen molar-refractivity contribution in [2.45, 2.75) is 13.1 Å². The average molecular weight is 480 g/mol. The number of benzene rings is 2. The Kier molecular flexibility index (Phi) is 5.72. The molecular weight excluding hydrogens is 467 g/mol. The first-order chi connectivity index (χ1) is 14.6. The number of nitrogens with zero attached hydrogens (tertiary/aromatic N) is 1. The highest BCUT2D eigenvalue weighted by atomic mass is 35.5. The molecule has 2 heterocycles. The maximum Gasteiger partial charge on any atom is 0.416 e. The fourth-order valence-corrected chi connectivity index (χ4v) is 4.47. The van der Waals surface area contributed by atoms with Gasteiger partial charge in [0.1, 0.15) is 11.5 Å². The van der Waals surface area contributed by atoms with Crippen LogP contribution in [0.1, 0.15) is 16.9 Å². The minimum absolute atomic E-state index is 0.114. The Morgan fingerprint density at radius 1 is 1.10 bits per heavy atom. The van der Waals surface area contributed by atoms with Gasteiger partial charge in [-0.15, -0.1) is 0 Å². The van der Waals surface area contributed by atoms with Crippen LogP contribution in [0.2, 0.25) is 5.02 Å². The van der Waals surface area contributed by atoms with Gasteiger partial charge in [-0.1, -0.05) is 53.3 Å². The van der Waals surface area contributed by atoms with E-state index >= 15 is 0 Å². The molecule has 0 atom stereocenters. The Morgan fingerprint density at radius 2 is 1.81 bits per heavy atom. The lowest BCUT2D eigenvalue weighted by molar-refractivity contribution is -0.137. The van der Waals surface area contributed by atoms with Gasteiger partial charge in [0.05, 0.1) is 21.2 Å². The van der Waals surface area contributed by atoms with E-state index in [-0.39, 0.29) is 22.3 Å². The zero-order valence-corrected chi connectivity index (χ0v) is 18.3. The molecule has 1 aromatic heterocycles. The molecule has 0 N–H and O–H groups in total. The second-order valence-corrected chi connectivity index (χ2v) is 8.83. The molecule has 0 radical (unpaired) electrons. The minimum atomic E-state index is -4.50. The van der Waals surface area contributed by atoms with Gasteiger partial charge in [0.15, 0.2) is 4.32 Å². The molecule has 2 aromatic carbocycles. The van der Waals surface area contributed by atoms with Crippen molar-refractivity contribution < 1.29 is 22.4 Å². The van der Waals surface area contributed by atoms with Crippen LogP contribution in [-0.4, -0.2) is 10.2 Å². The summed E-state index contributed by atoms with van der Waals surface area (Å²) in [5.74, 6) is 0.165. The smallest absolute Gasteiger partial charge is 0.416 e. The Bertz CT molecular complexity index is 1220. The lowest BCUT2D eigenvalue weighted by Crippen LogP contribution is -2.27. The lowest BCUT2D eigenvalue weighted by Gasteiger charge is -2.14. The van der Waals surface area contributed by atoms with Gasteiger partial charge in [0.2, 0.25) is 0 Å². The van der Waals surface area contributed by atoms with Crippen LogP contribution in [0.15, 0.2) is 63.9 Å². The topological polar surface area (TPSA) is 33.5 Å². The molecular formula is C22H13ClF3NO2S2. The van der Waals surface area contributed by atoms with Crippen molar-refractivity contribution in [1.82, 2.24) is 0 Å². The van der Waals surface area contributed by atoms with Crippen LogP contribution in [0, 0.1) is 6.92 Å². The van der Waals surface area contributed by atoms with Crippen molar-refractivity contribution >= 4 is 57.6 Å². The predicted octanol–water partition coefficient (Wildman–Crippen LogP) is 7.33. The molecule has 1 amide bonds. The number of aryl methyl sites for hydroxylation is 1. The zero-order valence-electron chi connectivity index (χ0n) is 15.9. The number of thiocarbonyl (C=S) groups is 1. The molecule has 9 heteroatoms. The van der Waals surface area contributed by atoms with Crippen LogP contribution in [0.4, 0.5) is 18.9 Å². The molecule has 1 fully saturated rings. The van der Waals surface area contributed by atoms with Crippen LogP contribution in [0.25, 0.3) is 17.4 Å². The molecule has 3 nitrogen and oxygen atoms in total. The predicted molar refractivity (Wildman–Crippen MR) is 121 cm³/mol. The third kappa shape index (κ3) is 4.42. The first kappa shape index (κ1) is 21.7. The van der Waals surface area contributed by atoms with E-state index in [9.17, 15) is 18.0 Å². The average Bonchev–Trinajstić information content (AvgIpc) is 3.27. The summed E-state index contributed by atoms with van der Waals surface area (Å²) in [6.45, 7) is 1.94. The highest BCUT2D eigenvalue weighted by Crippen LogP contribution is 2.39. The summed E-state index contributed by atoms with van der Waals surface area (Å²) in [5.41, 5.74) is 1.00. The number of halogens is 4. The second-order valence-electron chi connectivity index (χ2n) is 6.75. The number of carbonyl (C=O) groups is 1. The van der Waals surface area contributed by atoms with Crippen molar-refractivity contribution in [1.29, 1.82) is 0 Å². The third-order valence-corrected chi connectivity index (χ3v) is 6.18. The van der Waals surface area contributed by atoms with Gasteiger partial charge in [-0.3, -0.25) is 9.69 Å². The van der Waals surface area contributed by atoms with Gasteiger partial charge in [-0.05, 0) is 49.4 Å². The summed E-state index contributed by atoms with van der Waals surface area (Å²) >= 11 is 12.5. The molecule has 0 bridgehead atoms. The van der Waals surface area contributed by atoms with Gasteiger partial charge >= 0.3 is 6.18 Å². The van der Waals surface area contributed by atoms with Crippen molar-refractivity contribution in [3.8, 4) is 11.3 Å². The van der Waals surface area contributed by atoms with Crippen molar-refractivity contribution in [2.75, 3.05) is 4.90 Å². The Hall–Kier alpha value is -2.55. The zero-order chi connectivity index (χ0) is 22.3. The molecule has 0 spiro atoms. The van der Waals surface area contributed by atoms with E-state index < -0.39 is 11.7 Å². The van der Waals surface area contributed by atoms with Crippen LogP contribution in [0.3, 0.4) is 0 Å². The summed E-state index contributed by atoms with van der Waals surface area (Å²) in [4.78, 5) is 14.6. The Balaban J connectivity index is 1.63. The van der Waals surface area contributed by atoms with Crippen LogP contribution in [-0.2, 0) is 11.0 Å². The summed E-state index contributed by atoms with van der Waals surface area (Å²) in [7, 11) is 0. The third-order valence-electron chi connectivity index (χ3n) is 4.55. The molecule has 1 aliphatic rings. The second kappa shape index (κ2) is 8.18. The minimum Gasteiger partial charge on any atom is -0.457 e. The molecule has 0 saturated carbocycles. The fraction of sp³-hybridized carbons (Fsp3) is 0.0909. The number of alkyl halides is 3. The highest BCUT2D eigenvalue weighted by molar-refractivity contribution is 8.27. The van der Waals surface area contributed by atoms with E-state index in [1.54, 1.807) is 6.07 Å². The van der Waals surface area contributed by atoms with Gasteiger partial charge in [-0.25, -0.2) is 0 Å². The van der Waals surface area contributed by atoms with Crippen LogP contribution < -0.4 is 4.90 Å². The number of thioether (sulfide) groups is 1. The van der Waals surface area contributed by atoms with Gasteiger partial charge in [-0.2, -0.15) is 13.2 Å². The molecule has 1 aliphatic heterocycles. The van der Waals surface area contributed by atoms with E-state index in [0.717, 1.165) is 29.5 Å². The summed E-state index contributed by atoms with van der Waals surface area (Å²) in [6, 6.07) is 13.5. The van der Waals surface area contributed by atoms with Crippen molar-refractivity contribution in [2.24, 2.45) is 0 Å². The molecule has 1 saturated heterocycles. The van der Waals surface area contributed by atoms with E-state index in [4.69, 9.17) is 28.2 Å². The summed E-state index contributed by atoms with van der Waals surface area (Å²) in [6.07, 6.45) is -2.99. The van der Waals surface area contributed by atoms with Gasteiger partial charge in [0, 0.05) is 11.6 Å². The first-order valence-corrected chi connectivity index (χ1v) is 10.6. The maximum atomic E-state index is 13.0. The van der Waals surface area contributed by atoms with Gasteiger partial charge in [0.25, 0.3) is 5.91 Å². The molecule has 31 heavy (non-hydrogen) atoms. The molecule has 3 aromatic rings. The van der Waals surface area contributed by atoms with Crippen LogP contribution >= 0.6 is 35.6 Å².